The van der Waals surface area contributed by atoms with Crippen molar-refractivity contribution in [1.82, 2.24) is 14.7 Å². The number of hydrogen-bond acceptors (Lipinski definition) is 3. The van der Waals surface area contributed by atoms with Crippen molar-refractivity contribution in [3.05, 3.63) is 42.2 Å². The normalized spacial score (nSPS) is 10.2. The minimum absolute atomic E-state index is 0.0736. The number of amides is 1. The van der Waals surface area contributed by atoms with Crippen molar-refractivity contribution in [2.45, 2.75) is 0 Å². The van der Waals surface area contributed by atoms with Crippen LogP contribution in [0.25, 0.3) is 5.69 Å². The van der Waals surface area contributed by atoms with Gasteiger partial charge in [0.2, 0.25) is 0 Å². The fraction of sp³-hybridized carbons (Fsp3) is 0.167. The molecule has 1 heterocycles. The highest BCUT2D eigenvalue weighted by Gasteiger charge is 2.14. The molecule has 88 valence electrons. The Balaban J connectivity index is 2.56. The smallest absolute Gasteiger partial charge is 0.255 e. The van der Waals surface area contributed by atoms with Crippen LogP contribution in [0.4, 0.5) is 5.69 Å². The van der Waals surface area contributed by atoms with Gasteiger partial charge in [-0.15, -0.1) is 0 Å². The maximum atomic E-state index is 12.0. The Morgan fingerprint density at radius 2 is 2.18 bits per heavy atom. The summed E-state index contributed by atoms with van der Waals surface area (Å²) in [5, 5.41) is 4.12. The van der Waals surface area contributed by atoms with E-state index >= 15 is 0 Å². The van der Waals surface area contributed by atoms with Gasteiger partial charge < -0.3 is 10.6 Å². The van der Waals surface area contributed by atoms with Crippen LogP contribution in [-0.2, 0) is 0 Å². The predicted octanol–water partition coefficient (Wildman–Crippen LogP) is 1.16. The Labute approximate surface area is 99.5 Å². The van der Waals surface area contributed by atoms with E-state index in [1.807, 2.05) is 0 Å². The van der Waals surface area contributed by atoms with E-state index in [4.69, 9.17) is 5.73 Å². The van der Waals surface area contributed by atoms with E-state index in [2.05, 4.69) is 5.10 Å². The molecule has 1 aromatic carbocycles. The molecular formula is C12H14N4O. The van der Waals surface area contributed by atoms with Crippen molar-refractivity contribution in [1.29, 1.82) is 0 Å². The Kier molecular flexibility index (Phi) is 2.82. The first-order valence-electron chi connectivity index (χ1n) is 5.21. The fourth-order valence-corrected chi connectivity index (χ4v) is 1.57. The van der Waals surface area contributed by atoms with Crippen molar-refractivity contribution in [2.75, 3.05) is 19.8 Å². The largest absolute Gasteiger partial charge is 0.399 e. The van der Waals surface area contributed by atoms with Gasteiger partial charge in [0.1, 0.15) is 0 Å². The lowest BCUT2D eigenvalue weighted by molar-refractivity contribution is 0.0827. The molecule has 0 radical (unpaired) electrons. The number of nitrogens with zero attached hydrogens (tertiary/aromatic N) is 3. The molecule has 17 heavy (non-hydrogen) atoms. The van der Waals surface area contributed by atoms with Gasteiger partial charge in [0.05, 0.1) is 11.3 Å². The summed E-state index contributed by atoms with van der Waals surface area (Å²) in [4.78, 5) is 13.5. The summed E-state index contributed by atoms with van der Waals surface area (Å²) in [7, 11) is 3.43. The molecule has 0 fully saturated rings. The average molecular weight is 230 g/mol. The average Bonchev–Trinajstić information content (AvgIpc) is 2.81. The molecule has 0 bridgehead atoms. The van der Waals surface area contributed by atoms with Crippen molar-refractivity contribution in [2.24, 2.45) is 0 Å². The lowest BCUT2D eigenvalue weighted by atomic mass is 10.1. The topological polar surface area (TPSA) is 64.2 Å². The first-order chi connectivity index (χ1) is 8.09. The van der Waals surface area contributed by atoms with Gasteiger partial charge in [-0.1, -0.05) is 0 Å². The number of anilines is 1. The highest BCUT2D eigenvalue weighted by atomic mass is 16.2. The number of hydrogen-bond donors (Lipinski definition) is 1. The highest BCUT2D eigenvalue weighted by molar-refractivity contribution is 5.98. The molecule has 0 aliphatic carbocycles. The van der Waals surface area contributed by atoms with Crippen LogP contribution in [-0.4, -0.2) is 34.7 Å². The van der Waals surface area contributed by atoms with E-state index in [0.29, 0.717) is 16.9 Å². The van der Waals surface area contributed by atoms with Gasteiger partial charge in [0, 0.05) is 32.2 Å². The van der Waals surface area contributed by atoms with Crippen LogP contribution >= 0.6 is 0 Å². The molecule has 1 aromatic heterocycles. The van der Waals surface area contributed by atoms with Crippen molar-refractivity contribution in [3.8, 4) is 5.69 Å². The van der Waals surface area contributed by atoms with Gasteiger partial charge in [0.15, 0.2) is 0 Å². The molecule has 5 nitrogen and oxygen atoms in total. The number of carbonyl (C=O) groups is 1. The maximum absolute atomic E-state index is 12.0. The number of nitrogens with two attached hydrogens (primary N) is 1. The van der Waals surface area contributed by atoms with Crippen LogP contribution in [0.15, 0.2) is 36.7 Å². The van der Waals surface area contributed by atoms with E-state index in [-0.39, 0.29) is 5.91 Å². The molecule has 2 rings (SSSR count). The highest BCUT2D eigenvalue weighted by Crippen LogP contribution is 2.18. The minimum Gasteiger partial charge on any atom is -0.399 e. The molecule has 2 aromatic rings. The van der Waals surface area contributed by atoms with Crippen molar-refractivity contribution < 1.29 is 4.79 Å². The molecule has 0 saturated carbocycles. The molecule has 0 atom stereocenters. The van der Waals surface area contributed by atoms with Gasteiger partial charge in [-0.2, -0.15) is 5.10 Å². The van der Waals surface area contributed by atoms with Crippen LogP contribution in [0, 0.1) is 0 Å². The zero-order valence-electron chi connectivity index (χ0n) is 9.79. The van der Waals surface area contributed by atoms with Gasteiger partial charge in [-0.05, 0) is 24.3 Å². The Morgan fingerprint density at radius 1 is 1.41 bits per heavy atom. The third-order valence-electron chi connectivity index (χ3n) is 2.41. The van der Waals surface area contributed by atoms with Gasteiger partial charge in [0.25, 0.3) is 5.91 Å². The molecule has 0 unspecified atom stereocenters. The van der Waals surface area contributed by atoms with Crippen LogP contribution < -0.4 is 5.73 Å². The minimum atomic E-state index is -0.0736. The van der Waals surface area contributed by atoms with Crippen LogP contribution in [0.2, 0.25) is 0 Å². The van der Waals surface area contributed by atoms with Crippen LogP contribution in [0.1, 0.15) is 10.4 Å². The summed E-state index contributed by atoms with van der Waals surface area (Å²) in [6, 6.07) is 6.97. The summed E-state index contributed by atoms with van der Waals surface area (Å²) in [6.45, 7) is 0. The second kappa shape index (κ2) is 4.29. The second-order valence-electron chi connectivity index (χ2n) is 3.93. The summed E-state index contributed by atoms with van der Waals surface area (Å²) in [5.74, 6) is -0.0736. The van der Waals surface area contributed by atoms with E-state index in [1.165, 1.54) is 4.90 Å². The molecule has 0 spiro atoms. The Morgan fingerprint density at radius 3 is 2.76 bits per heavy atom. The molecule has 0 aliphatic rings. The first-order valence-corrected chi connectivity index (χ1v) is 5.21. The Hall–Kier alpha value is -2.30. The van der Waals surface area contributed by atoms with Crippen molar-refractivity contribution >= 4 is 11.6 Å². The van der Waals surface area contributed by atoms with Crippen molar-refractivity contribution in [3.63, 3.8) is 0 Å². The number of rotatable bonds is 2. The fourth-order valence-electron chi connectivity index (χ4n) is 1.57. The zero-order chi connectivity index (χ0) is 12.4. The molecule has 1 amide bonds. The lowest BCUT2D eigenvalue weighted by Crippen LogP contribution is -2.23. The predicted molar refractivity (Wildman–Crippen MR) is 66.0 cm³/mol. The second-order valence-corrected chi connectivity index (χ2v) is 3.93. The summed E-state index contributed by atoms with van der Waals surface area (Å²) in [6.07, 6.45) is 3.44. The van der Waals surface area contributed by atoms with Gasteiger partial charge in [-0.3, -0.25) is 4.79 Å². The Bertz CT molecular complexity index is 531. The van der Waals surface area contributed by atoms with E-state index < -0.39 is 0 Å². The molecular weight excluding hydrogens is 216 g/mol. The van der Waals surface area contributed by atoms with E-state index in [9.17, 15) is 4.79 Å². The number of carbonyl (C=O) groups excluding carboxylic acids is 1. The number of nitrogen functional groups attached to an aromatic ring is 1. The van der Waals surface area contributed by atoms with E-state index in [1.54, 1.807) is 55.4 Å². The van der Waals surface area contributed by atoms with E-state index in [0.717, 1.165) is 0 Å². The van der Waals surface area contributed by atoms with Crippen LogP contribution in [0.5, 0.6) is 0 Å². The van der Waals surface area contributed by atoms with Gasteiger partial charge in [-0.25, -0.2) is 4.68 Å². The summed E-state index contributed by atoms with van der Waals surface area (Å²) >= 11 is 0. The molecule has 2 N–H and O–H groups in total. The summed E-state index contributed by atoms with van der Waals surface area (Å²) < 4.78 is 1.63. The SMILES string of the molecule is CN(C)C(=O)c1ccc(N)cc1-n1cccn1. The molecule has 5 heteroatoms. The van der Waals surface area contributed by atoms with Gasteiger partial charge >= 0.3 is 0 Å². The number of benzene rings is 1. The standard InChI is InChI=1S/C12H14N4O/c1-15(2)12(17)10-5-4-9(13)8-11(10)16-7-3-6-14-16/h3-8H,13H2,1-2H3. The lowest BCUT2D eigenvalue weighted by Gasteiger charge is -2.14. The molecule has 0 saturated heterocycles. The maximum Gasteiger partial charge on any atom is 0.255 e. The zero-order valence-corrected chi connectivity index (χ0v) is 9.79. The third kappa shape index (κ3) is 2.13. The third-order valence-corrected chi connectivity index (χ3v) is 2.41. The monoisotopic (exact) mass is 230 g/mol. The molecule has 0 aliphatic heterocycles. The summed E-state index contributed by atoms with van der Waals surface area (Å²) in [5.41, 5.74) is 7.61. The number of aromatic nitrogens is 2. The quantitative estimate of drug-likeness (QED) is 0.787. The first kappa shape index (κ1) is 11.2. The van der Waals surface area contributed by atoms with Crippen LogP contribution in [0.3, 0.4) is 0 Å².